The Bertz CT molecular complexity index is 185. The average Bonchev–Trinajstić information content (AvgIpc) is 1.90. The van der Waals surface area contributed by atoms with Crippen LogP contribution in [0.15, 0.2) is 18.3 Å². The van der Waals surface area contributed by atoms with Crippen molar-refractivity contribution in [2.75, 3.05) is 0 Å². The van der Waals surface area contributed by atoms with Crippen LogP contribution in [-0.2, 0) is 0 Å². The Morgan fingerprint density at radius 2 is 2.33 bits per heavy atom. The zero-order valence-corrected chi connectivity index (χ0v) is 4.58. The van der Waals surface area contributed by atoms with Gasteiger partial charge >= 0.3 is 0 Å². The van der Waals surface area contributed by atoms with E-state index in [0.717, 1.165) is 12.8 Å². The van der Waals surface area contributed by atoms with E-state index in [-0.39, 0.29) is 0 Å². The minimum Gasteiger partial charge on any atom is -0.384 e. The van der Waals surface area contributed by atoms with Gasteiger partial charge in [0.25, 0.3) is 0 Å². The van der Waals surface area contributed by atoms with Gasteiger partial charge in [0.1, 0.15) is 12.4 Å². The van der Waals surface area contributed by atoms with Crippen LogP contribution in [0.4, 0.5) is 4.39 Å². The fraction of sp³-hybridized carbons (Fsp3) is 0. The second-order valence-corrected chi connectivity index (χ2v) is 1.53. The third kappa shape index (κ3) is 1.47. The van der Waals surface area contributed by atoms with Crippen LogP contribution in [0.1, 0.15) is 5.69 Å². The Labute approximate surface area is 52.0 Å². The molecule has 9 heavy (non-hydrogen) atoms. The molecule has 3 heteroatoms. The molecule has 0 unspecified atom stereocenters. The maximum atomic E-state index is 12.1. The van der Waals surface area contributed by atoms with Gasteiger partial charge < -0.3 is 5.11 Å². The molecule has 1 aromatic heterocycles. The highest BCUT2D eigenvalue weighted by atomic mass is 19.1. The lowest BCUT2D eigenvalue weighted by Crippen LogP contribution is -1.85. The van der Waals surface area contributed by atoms with Crippen LogP contribution < -0.4 is 0 Å². The summed E-state index contributed by atoms with van der Waals surface area (Å²) >= 11 is 0. The number of pyridine rings is 1. The number of halogens is 1. The lowest BCUT2D eigenvalue weighted by atomic mass is 10.4. The molecule has 2 nitrogen and oxygen atoms in total. The maximum absolute atomic E-state index is 12.1. The molecule has 0 aliphatic carbocycles. The van der Waals surface area contributed by atoms with Crippen molar-refractivity contribution in [3.8, 4) is 0 Å². The van der Waals surface area contributed by atoms with Gasteiger partial charge in [0, 0.05) is 0 Å². The smallest absolute Gasteiger partial charge is 0.141 e. The van der Waals surface area contributed by atoms with Crippen LogP contribution in [0.2, 0.25) is 0 Å². The lowest BCUT2D eigenvalue weighted by Gasteiger charge is -1.90. The lowest BCUT2D eigenvalue weighted by molar-refractivity contribution is 0.410. The quantitative estimate of drug-likeness (QED) is 0.611. The van der Waals surface area contributed by atoms with Crippen molar-refractivity contribution < 1.29 is 9.50 Å². The second-order valence-electron chi connectivity index (χ2n) is 1.53. The molecular formula is C6H5FNO. The van der Waals surface area contributed by atoms with Gasteiger partial charge in [-0.1, -0.05) is 0 Å². The Morgan fingerprint density at radius 3 is 2.78 bits per heavy atom. The van der Waals surface area contributed by atoms with Gasteiger partial charge in [-0.25, -0.2) is 4.39 Å². The summed E-state index contributed by atoms with van der Waals surface area (Å²) < 4.78 is 12.1. The largest absolute Gasteiger partial charge is 0.384 e. The molecule has 47 valence electrons. The van der Waals surface area contributed by atoms with Crippen LogP contribution in [0.25, 0.3) is 0 Å². The number of aliphatic hydroxyl groups is 1. The van der Waals surface area contributed by atoms with Crippen molar-refractivity contribution in [2.45, 2.75) is 0 Å². The highest BCUT2D eigenvalue weighted by molar-refractivity contribution is 5.09. The summed E-state index contributed by atoms with van der Waals surface area (Å²) in [4.78, 5) is 3.52. The van der Waals surface area contributed by atoms with E-state index in [1.54, 1.807) is 0 Å². The van der Waals surface area contributed by atoms with Crippen molar-refractivity contribution >= 4 is 0 Å². The van der Waals surface area contributed by atoms with Crippen LogP contribution in [0.5, 0.6) is 0 Å². The van der Waals surface area contributed by atoms with Crippen molar-refractivity contribution in [1.82, 2.24) is 4.98 Å². The molecule has 1 N–H and O–H groups in total. The Morgan fingerprint density at radius 1 is 1.56 bits per heavy atom. The van der Waals surface area contributed by atoms with Gasteiger partial charge in [-0.2, -0.15) is 0 Å². The third-order valence-electron chi connectivity index (χ3n) is 0.883. The number of aliphatic hydroxyl groups excluding tert-OH is 1. The van der Waals surface area contributed by atoms with E-state index in [4.69, 9.17) is 5.11 Å². The zero-order chi connectivity index (χ0) is 6.69. The molecule has 0 bridgehead atoms. The van der Waals surface area contributed by atoms with E-state index in [0.29, 0.717) is 5.69 Å². The van der Waals surface area contributed by atoms with Crippen LogP contribution in [0, 0.1) is 12.4 Å². The van der Waals surface area contributed by atoms with E-state index >= 15 is 0 Å². The van der Waals surface area contributed by atoms with E-state index in [1.165, 1.54) is 12.1 Å². The Hall–Kier alpha value is -0.960. The van der Waals surface area contributed by atoms with Gasteiger partial charge in [-0.05, 0) is 12.1 Å². The summed E-state index contributed by atoms with van der Waals surface area (Å²) in [5.41, 5.74) is 0.358. The minimum absolute atomic E-state index is 0.358. The van der Waals surface area contributed by atoms with Gasteiger partial charge in [0.05, 0.1) is 11.9 Å². The van der Waals surface area contributed by atoms with Crippen LogP contribution in [-0.4, -0.2) is 10.1 Å². The summed E-state index contributed by atoms with van der Waals surface area (Å²) in [5, 5.41) is 8.32. The average molecular weight is 126 g/mol. The summed E-state index contributed by atoms with van der Waals surface area (Å²) in [6, 6.07) is 2.62. The van der Waals surface area contributed by atoms with E-state index in [2.05, 4.69) is 4.98 Å². The molecule has 1 rings (SSSR count). The summed E-state index contributed by atoms with van der Waals surface area (Å²) in [6.07, 6.45) is 1.04. The molecule has 0 aliphatic rings. The van der Waals surface area contributed by atoms with Gasteiger partial charge in [0.15, 0.2) is 0 Å². The fourth-order valence-corrected chi connectivity index (χ4v) is 0.464. The first kappa shape index (κ1) is 6.16. The van der Waals surface area contributed by atoms with Crippen molar-refractivity contribution in [3.05, 3.63) is 36.4 Å². The molecule has 0 fully saturated rings. The number of nitrogens with zero attached hydrogens (tertiary/aromatic N) is 1. The summed E-state index contributed by atoms with van der Waals surface area (Å²) in [6.45, 7) is 0.819. The highest BCUT2D eigenvalue weighted by Crippen LogP contribution is 1.97. The predicted octanol–water partition coefficient (Wildman–Crippen LogP) is 1.10. The van der Waals surface area contributed by atoms with Gasteiger partial charge in [-0.3, -0.25) is 4.98 Å². The van der Waals surface area contributed by atoms with Crippen molar-refractivity contribution in [2.24, 2.45) is 0 Å². The zero-order valence-electron chi connectivity index (χ0n) is 4.58. The van der Waals surface area contributed by atoms with Crippen molar-refractivity contribution in [1.29, 1.82) is 0 Å². The van der Waals surface area contributed by atoms with Gasteiger partial charge in [-0.15, -0.1) is 0 Å². The van der Waals surface area contributed by atoms with E-state index in [1.807, 2.05) is 0 Å². The number of rotatable bonds is 1. The summed E-state index contributed by atoms with van der Waals surface area (Å²) in [5.74, 6) is -0.402. The fourth-order valence-electron chi connectivity index (χ4n) is 0.464. The molecule has 0 saturated carbocycles. The topological polar surface area (TPSA) is 33.1 Å². The Balaban J connectivity index is 2.88. The molecule has 0 atom stereocenters. The first-order valence-electron chi connectivity index (χ1n) is 2.42. The monoisotopic (exact) mass is 126 g/mol. The normalized spacial score (nSPS) is 9.56. The van der Waals surface area contributed by atoms with Crippen LogP contribution in [0.3, 0.4) is 0 Å². The SMILES string of the molecule is O[CH]c1ccc(F)cn1. The molecular weight excluding hydrogens is 121 g/mol. The van der Waals surface area contributed by atoms with E-state index in [9.17, 15) is 4.39 Å². The highest BCUT2D eigenvalue weighted by Gasteiger charge is 1.90. The van der Waals surface area contributed by atoms with E-state index < -0.39 is 5.82 Å². The second kappa shape index (κ2) is 2.55. The third-order valence-corrected chi connectivity index (χ3v) is 0.883. The molecule has 1 heterocycles. The first-order valence-corrected chi connectivity index (χ1v) is 2.42. The minimum atomic E-state index is -0.402. The van der Waals surface area contributed by atoms with Gasteiger partial charge in [0.2, 0.25) is 0 Å². The molecule has 1 aromatic rings. The molecule has 0 aliphatic heterocycles. The predicted molar refractivity (Wildman–Crippen MR) is 29.5 cm³/mol. The maximum Gasteiger partial charge on any atom is 0.141 e. The van der Waals surface area contributed by atoms with Crippen molar-refractivity contribution in [3.63, 3.8) is 0 Å². The van der Waals surface area contributed by atoms with Crippen LogP contribution >= 0.6 is 0 Å². The summed E-state index contributed by atoms with van der Waals surface area (Å²) in [7, 11) is 0. The molecule has 0 aromatic carbocycles. The Kier molecular flexibility index (Phi) is 1.75. The number of hydrogen-bond donors (Lipinski definition) is 1. The standard InChI is InChI=1S/C6H5FNO/c7-5-1-2-6(4-9)8-3-5/h1-4,9H. The molecule has 0 spiro atoms. The molecule has 0 saturated heterocycles. The number of hydrogen-bond acceptors (Lipinski definition) is 2. The first-order chi connectivity index (χ1) is 4.33. The molecule has 0 amide bonds. The molecule has 1 radical (unpaired) electrons. The number of aromatic nitrogens is 1.